The third-order valence-corrected chi connectivity index (χ3v) is 5.93. The molecule has 1 saturated heterocycles. The first-order chi connectivity index (χ1) is 15.6. The van der Waals surface area contributed by atoms with Gasteiger partial charge in [-0.1, -0.05) is 12.1 Å². The minimum absolute atomic E-state index is 0.182. The Labute approximate surface area is 185 Å². The average Bonchev–Trinajstić information content (AvgIpc) is 3.25. The second-order valence-corrected chi connectivity index (χ2v) is 8.06. The molecule has 0 saturated carbocycles. The standard InChI is InChI=1S/C22H22F3N5O3/c1-12-15(20(32)28-21(33)27-12)10-18(31)30-9-3-2-4-17(30)19-16(11-26-29-19)13-5-7-14(8-6-13)22(23,24)25/h5-8,11,17H,2-4,9-10H2,1H3,(H,26,29)(H2,27,28,32,33)/t17-/m1/s1. The maximum Gasteiger partial charge on any atom is 0.416 e. The number of halogens is 3. The van der Waals surface area contributed by atoms with Crippen LogP contribution in [0.1, 0.15) is 47.8 Å². The number of carbonyl (C=O) groups is 1. The number of carbonyl (C=O) groups excluding carboxylic acids is 1. The monoisotopic (exact) mass is 461 g/mol. The summed E-state index contributed by atoms with van der Waals surface area (Å²) in [5.41, 5.74) is 0.341. The third kappa shape index (κ3) is 4.62. The summed E-state index contributed by atoms with van der Waals surface area (Å²) < 4.78 is 38.8. The molecule has 1 atom stereocenters. The summed E-state index contributed by atoms with van der Waals surface area (Å²) >= 11 is 0. The molecule has 1 aromatic carbocycles. The van der Waals surface area contributed by atoms with E-state index in [1.54, 1.807) is 11.8 Å². The number of benzene rings is 1. The number of nitrogens with zero attached hydrogens (tertiary/aromatic N) is 2. The smallest absolute Gasteiger partial charge is 0.334 e. The summed E-state index contributed by atoms with van der Waals surface area (Å²) in [6.45, 7) is 2.03. The molecule has 0 radical (unpaired) electrons. The summed E-state index contributed by atoms with van der Waals surface area (Å²) in [4.78, 5) is 43.1. The Balaban J connectivity index is 1.63. The van der Waals surface area contributed by atoms with Crippen LogP contribution in [0.3, 0.4) is 0 Å². The largest absolute Gasteiger partial charge is 0.416 e. The van der Waals surface area contributed by atoms with Crippen LogP contribution >= 0.6 is 0 Å². The highest BCUT2D eigenvalue weighted by Gasteiger charge is 2.33. The second kappa shape index (κ2) is 8.72. The summed E-state index contributed by atoms with van der Waals surface area (Å²) in [7, 11) is 0. The number of alkyl halides is 3. The van der Waals surface area contributed by atoms with Crippen LogP contribution in [0.2, 0.25) is 0 Å². The van der Waals surface area contributed by atoms with Gasteiger partial charge >= 0.3 is 11.9 Å². The molecule has 0 aliphatic carbocycles. The summed E-state index contributed by atoms with van der Waals surface area (Å²) in [6.07, 6.45) is -0.792. The number of aromatic amines is 3. The van der Waals surface area contributed by atoms with E-state index in [9.17, 15) is 27.6 Å². The second-order valence-electron chi connectivity index (χ2n) is 8.06. The molecule has 2 aromatic heterocycles. The quantitative estimate of drug-likeness (QED) is 0.554. The highest BCUT2D eigenvalue weighted by atomic mass is 19.4. The zero-order valence-electron chi connectivity index (χ0n) is 17.8. The Kier molecular flexibility index (Phi) is 5.96. The Hall–Kier alpha value is -3.63. The molecule has 3 N–H and O–H groups in total. The van der Waals surface area contributed by atoms with Gasteiger partial charge in [-0.3, -0.25) is 19.7 Å². The third-order valence-electron chi connectivity index (χ3n) is 5.93. The van der Waals surface area contributed by atoms with Gasteiger partial charge in [0.2, 0.25) is 5.91 Å². The van der Waals surface area contributed by atoms with Gasteiger partial charge in [0.25, 0.3) is 5.56 Å². The summed E-state index contributed by atoms with van der Waals surface area (Å²) in [6, 6.07) is 4.43. The molecular weight excluding hydrogens is 439 g/mol. The van der Waals surface area contributed by atoms with Gasteiger partial charge in [-0.05, 0) is 43.9 Å². The number of likely N-dealkylation sites (tertiary alicyclic amines) is 1. The highest BCUT2D eigenvalue weighted by molar-refractivity contribution is 5.80. The lowest BCUT2D eigenvalue weighted by atomic mass is 9.93. The molecule has 1 aliphatic rings. The molecular formula is C22H22F3N5O3. The van der Waals surface area contributed by atoms with Crippen LogP contribution < -0.4 is 11.2 Å². The van der Waals surface area contributed by atoms with Crippen molar-refractivity contribution in [1.29, 1.82) is 0 Å². The van der Waals surface area contributed by atoms with E-state index in [1.165, 1.54) is 18.3 Å². The zero-order chi connectivity index (χ0) is 23.8. The molecule has 1 aliphatic heterocycles. The van der Waals surface area contributed by atoms with Crippen molar-refractivity contribution in [1.82, 2.24) is 25.1 Å². The topological polar surface area (TPSA) is 115 Å². The first-order valence-electron chi connectivity index (χ1n) is 10.5. The molecule has 3 aromatic rings. The van der Waals surface area contributed by atoms with E-state index in [-0.39, 0.29) is 23.9 Å². The van der Waals surface area contributed by atoms with E-state index >= 15 is 0 Å². The van der Waals surface area contributed by atoms with E-state index in [0.29, 0.717) is 35.5 Å². The van der Waals surface area contributed by atoms with Gasteiger partial charge in [-0.2, -0.15) is 18.3 Å². The van der Waals surface area contributed by atoms with Crippen molar-refractivity contribution in [2.45, 2.75) is 44.8 Å². The Morgan fingerprint density at radius 1 is 1.15 bits per heavy atom. The lowest BCUT2D eigenvalue weighted by Gasteiger charge is -2.36. The Bertz CT molecular complexity index is 1270. The number of aryl methyl sites for hydroxylation is 1. The van der Waals surface area contributed by atoms with Crippen LogP contribution in [0, 0.1) is 6.92 Å². The number of piperidine rings is 1. The van der Waals surface area contributed by atoms with Crippen LogP contribution in [0.4, 0.5) is 13.2 Å². The molecule has 1 amide bonds. The van der Waals surface area contributed by atoms with E-state index in [4.69, 9.17) is 0 Å². The minimum Gasteiger partial charge on any atom is -0.334 e. The highest BCUT2D eigenvalue weighted by Crippen LogP contribution is 2.37. The molecule has 0 unspecified atom stereocenters. The van der Waals surface area contributed by atoms with Crippen molar-refractivity contribution in [2.24, 2.45) is 0 Å². The first-order valence-corrected chi connectivity index (χ1v) is 10.5. The molecule has 0 spiro atoms. The normalized spacial score (nSPS) is 16.7. The fourth-order valence-electron chi connectivity index (χ4n) is 4.24. The van der Waals surface area contributed by atoms with Crippen LogP contribution in [0.5, 0.6) is 0 Å². The van der Waals surface area contributed by atoms with Gasteiger partial charge in [-0.25, -0.2) is 4.79 Å². The van der Waals surface area contributed by atoms with Crippen LogP contribution in [0.25, 0.3) is 11.1 Å². The summed E-state index contributed by atoms with van der Waals surface area (Å²) in [5, 5.41) is 7.00. The number of hydrogen-bond donors (Lipinski definition) is 3. The van der Waals surface area contributed by atoms with Crippen molar-refractivity contribution >= 4 is 5.91 Å². The number of nitrogens with one attached hydrogen (secondary N) is 3. The molecule has 4 rings (SSSR count). The summed E-state index contributed by atoms with van der Waals surface area (Å²) in [5.74, 6) is -0.284. The predicted molar refractivity (Wildman–Crippen MR) is 113 cm³/mol. The number of rotatable bonds is 4. The molecule has 1 fully saturated rings. The Morgan fingerprint density at radius 2 is 1.88 bits per heavy atom. The predicted octanol–water partition coefficient (Wildman–Crippen LogP) is 3.08. The lowest BCUT2D eigenvalue weighted by Crippen LogP contribution is -2.41. The van der Waals surface area contributed by atoms with Crippen LogP contribution in [0.15, 0.2) is 40.1 Å². The molecule has 174 valence electrons. The number of H-pyrrole nitrogens is 3. The zero-order valence-corrected chi connectivity index (χ0v) is 17.8. The van der Waals surface area contributed by atoms with Crippen LogP contribution in [-0.2, 0) is 17.4 Å². The number of hydrogen-bond acceptors (Lipinski definition) is 4. The van der Waals surface area contributed by atoms with E-state index in [2.05, 4.69) is 20.2 Å². The van der Waals surface area contributed by atoms with Gasteiger partial charge in [0.1, 0.15) is 0 Å². The van der Waals surface area contributed by atoms with Gasteiger partial charge in [-0.15, -0.1) is 0 Å². The minimum atomic E-state index is -4.43. The van der Waals surface area contributed by atoms with E-state index < -0.39 is 23.0 Å². The first kappa shape index (κ1) is 22.6. The van der Waals surface area contributed by atoms with Crippen molar-refractivity contribution in [3.63, 3.8) is 0 Å². The molecule has 11 heteroatoms. The Morgan fingerprint density at radius 3 is 2.55 bits per heavy atom. The fourth-order valence-corrected chi connectivity index (χ4v) is 4.24. The number of aromatic nitrogens is 4. The number of amides is 1. The van der Waals surface area contributed by atoms with Crippen molar-refractivity contribution in [3.8, 4) is 11.1 Å². The van der Waals surface area contributed by atoms with Gasteiger partial charge < -0.3 is 9.88 Å². The van der Waals surface area contributed by atoms with E-state index in [0.717, 1.165) is 25.0 Å². The fraction of sp³-hybridized carbons (Fsp3) is 0.364. The maximum atomic E-state index is 13.2. The maximum absolute atomic E-state index is 13.2. The van der Waals surface area contributed by atoms with Crippen LogP contribution in [-0.4, -0.2) is 37.5 Å². The molecule has 3 heterocycles. The van der Waals surface area contributed by atoms with Crippen molar-refractivity contribution in [3.05, 3.63) is 73.8 Å². The molecule has 0 bridgehead atoms. The lowest BCUT2D eigenvalue weighted by molar-refractivity contribution is -0.137. The average molecular weight is 461 g/mol. The van der Waals surface area contributed by atoms with E-state index in [1.807, 2.05) is 0 Å². The SMILES string of the molecule is Cc1[nH]c(=O)[nH]c(=O)c1CC(=O)N1CCCC[C@@H]1c1[nH]ncc1-c1ccc(C(F)(F)F)cc1. The van der Waals surface area contributed by atoms with Gasteiger partial charge in [0.05, 0.1) is 29.9 Å². The van der Waals surface area contributed by atoms with Gasteiger partial charge in [0.15, 0.2) is 0 Å². The molecule has 8 nitrogen and oxygen atoms in total. The van der Waals surface area contributed by atoms with Crippen molar-refractivity contribution < 1.29 is 18.0 Å². The van der Waals surface area contributed by atoms with Gasteiger partial charge in [0, 0.05) is 23.4 Å². The molecule has 33 heavy (non-hydrogen) atoms. The van der Waals surface area contributed by atoms with Crippen molar-refractivity contribution in [2.75, 3.05) is 6.54 Å².